The Bertz CT molecular complexity index is 679. The highest BCUT2D eigenvalue weighted by Crippen LogP contribution is 2.29. The Hall–Kier alpha value is -2.28. The van der Waals surface area contributed by atoms with Gasteiger partial charge in [0, 0.05) is 25.2 Å². The summed E-state index contributed by atoms with van der Waals surface area (Å²) in [5.74, 6) is 0.189. The molecule has 154 valence electrons. The van der Waals surface area contributed by atoms with Gasteiger partial charge in [0.05, 0.1) is 11.4 Å². The van der Waals surface area contributed by atoms with Crippen LogP contribution in [0.3, 0.4) is 0 Å². The first-order valence-corrected chi connectivity index (χ1v) is 10.4. The van der Waals surface area contributed by atoms with Gasteiger partial charge in [-0.3, -0.25) is 4.79 Å². The van der Waals surface area contributed by atoms with Gasteiger partial charge in [0.1, 0.15) is 0 Å². The molecule has 7 nitrogen and oxygen atoms in total. The fourth-order valence-electron chi connectivity index (χ4n) is 4.11. The maximum atomic E-state index is 12.5. The summed E-state index contributed by atoms with van der Waals surface area (Å²) in [5.41, 5.74) is 7.44. The van der Waals surface area contributed by atoms with Gasteiger partial charge in [-0.15, -0.1) is 0 Å². The van der Waals surface area contributed by atoms with E-state index in [0.717, 1.165) is 51.1 Å². The van der Waals surface area contributed by atoms with Gasteiger partial charge in [-0.25, -0.2) is 4.79 Å². The maximum Gasteiger partial charge on any atom is 0.319 e. The zero-order chi connectivity index (χ0) is 19.9. The SMILES string of the molecule is CN1CCC(CCNC(=O)Nc2cc(C(N)=O)ccc2N2CCCCC2)CC1. The van der Waals surface area contributed by atoms with Crippen molar-refractivity contribution in [2.24, 2.45) is 11.7 Å². The van der Waals surface area contributed by atoms with Gasteiger partial charge in [0.15, 0.2) is 0 Å². The van der Waals surface area contributed by atoms with Crippen LogP contribution in [0.5, 0.6) is 0 Å². The molecule has 2 heterocycles. The molecule has 4 N–H and O–H groups in total. The number of carbonyl (C=O) groups excluding carboxylic acids is 2. The molecular weight excluding hydrogens is 354 g/mol. The average Bonchev–Trinajstić information content (AvgIpc) is 2.70. The lowest BCUT2D eigenvalue weighted by Crippen LogP contribution is -2.35. The van der Waals surface area contributed by atoms with E-state index in [2.05, 4.69) is 27.5 Å². The summed E-state index contributed by atoms with van der Waals surface area (Å²) in [5, 5.41) is 5.91. The molecule has 1 aromatic carbocycles. The van der Waals surface area contributed by atoms with Crippen LogP contribution in [0.25, 0.3) is 0 Å². The number of hydrogen-bond donors (Lipinski definition) is 3. The fraction of sp³-hybridized carbons (Fsp3) is 0.619. The molecule has 0 spiro atoms. The summed E-state index contributed by atoms with van der Waals surface area (Å²) in [6.07, 6.45) is 6.90. The highest BCUT2D eigenvalue weighted by Gasteiger charge is 2.19. The van der Waals surface area contributed by atoms with Gasteiger partial charge in [-0.05, 0) is 82.8 Å². The first-order chi connectivity index (χ1) is 13.5. The van der Waals surface area contributed by atoms with E-state index in [-0.39, 0.29) is 6.03 Å². The maximum absolute atomic E-state index is 12.5. The molecule has 3 rings (SSSR count). The molecule has 2 aliphatic heterocycles. The molecule has 0 aromatic heterocycles. The number of hydrogen-bond acceptors (Lipinski definition) is 4. The number of rotatable bonds is 6. The van der Waals surface area contributed by atoms with Crippen LogP contribution in [-0.2, 0) is 0 Å². The second-order valence-corrected chi connectivity index (χ2v) is 8.06. The van der Waals surface area contributed by atoms with E-state index in [0.29, 0.717) is 23.7 Å². The van der Waals surface area contributed by atoms with Crippen molar-refractivity contribution in [2.45, 2.75) is 38.5 Å². The summed E-state index contributed by atoms with van der Waals surface area (Å²) < 4.78 is 0. The third-order valence-electron chi connectivity index (χ3n) is 5.90. The number of nitrogens with two attached hydrogens (primary N) is 1. The number of piperidine rings is 2. The van der Waals surface area contributed by atoms with Gasteiger partial charge < -0.3 is 26.2 Å². The third-order valence-corrected chi connectivity index (χ3v) is 5.90. The molecular formula is C21H33N5O2. The van der Waals surface area contributed by atoms with Gasteiger partial charge in [0.25, 0.3) is 0 Å². The van der Waals surface area contributed by atoms with Gasteiger partial charge in [0.2, 0.25) is 5.91 Å². The fourth-order valence-corrected chi connectivity index (χ4v) is 4.11. The average molecular weight is 388 g/mol. The van der Waals surface area contributed by atoms with E-state index >= 15 is 0 Å². The summed E-state index contributed by atoms with van der Waals surface area (Å²) in [7, 11) is 2.15. The van der Waals surface area contributed by atoms with Crippen molar-refractivity contribution in [3.63, 3.8) is 0 Å². The van der Waals surface area contributed by atoms with Crippen molar-refractivity contribution >= 4 is 23.3 Å². The molecule has 2 aliphatic rings. The van der Waals surface area contributed by atoms with Crippen LogP contribution in [-0.4, -0.2) is 56.6 Å². The van der Waals surface area contributed by atoms with Gasteiger partial charge >= 0.3 is 6.03 Å². The van der Waals surface area contributed by atoms with E-state index < -0.39 is 5.91 Å². The number of likely N-dealkylation sites (tertiary alicyclic amines) is 1. The van der Waals surface area contributed by atoms with Gasteiger partial charge in [-0.1, -0.05) is 0 Å². The Morgan fingerprint density at radius 3 is 2.50 bits per heavy atom. The third kappa shape index (κ3) is 5.61. The van der Waals surface area contributed by atoms with Crippen molar-refractivity contribution in [3.05, 3.63) is 23.8 Å². The number of amides is 3. The zero-order valence-electron chi connectivity index (χ0n) is 16.9. The predicted molar refractivity (Wildman–Crippen MR) is 113 cm³/mol. The lowest BCUT2D eigenvalue weighted by atomic mass is 9.94. The topological polar surface area (TPSA) is 90.7 Å². The number of urea groups is 1. The number of nitrogens with zero attached hydrogens (tertiary/aromatic N) is 2. The monoisotopic (exact) mass is 387 g/mol. The Morgan fingerprint density at radius 2 is 1.82 bits per heavy atom. The Balaban J connectivity index is 1.58. The van der Waals surface area contributed by atoms with Crippen LogP contribution >= 0.6 is 0 Å². The zero-order valence-corrected chi connectivity index (χ0v) is 16.9. The largest absolute Gasteiger partial charge is 0.370 e. The standard InChI is InChI=1S/C21H33N5O2/c1-25-13-8-16(9-14-25)7-10-23-21(28)24-18-15-17(20(22)27)5-6-19(18)26-11-3-2-4-12-26/h5-6,15-16H,2-4,7-14H2,1H3,(H2,22,27)(H2,23,24,28). The minimum Gasteiger partial charge on any atom is -0.370 e. The van der Waals surface area contributed by atoms with Gasteiger partial charge in [-0.2, -0.15) is 0 Å². The van der Waals surface area contributed by atoms with Crippen LogP contribution in [0, 0.1) is 5.92 Å². The molecule has 0 bridgehead atoms. The van der Waals surface area contributed by atoms with E-state index in [1.54, 1.807) is 12.1 Å². The lowest BCUT2D eigenvalue weighted by molar-refractivity contribution is 0.100. The molecule has 0 unspecified atom stereocenters. The number of carbonyl (C=O) groups is 2. The minimum absolute atomic E-state index is 0.229. The normalized spacial score (nSPS) is 18.7. The highest BCUT2D eigenvalue weighted by atomic mass is 16.2. The van der Waals surface area contributed by atoms with E-state index in [1.165, 1.54) is 19.3 Å². The quantitative estimate of drug-likeness (QED) is 0.700. The van der Waals surface area contributed by atoms with E-state index in [1.807, 2.05) is 6.07 Å². The summed E-state index contributed by atoms with van der Waals surface area (Å²) in [6, 6.07) is 5.07. The summed E-state index contributed by atoms with van der Waals surface area (Å²) in [6.45, 7) is 4.85. The van der Waals surface area contributed by atoms with E-state index in [4.69, 9.17) is 5.73 Å². The molecule has 28 heavy (non-hydrogen) atoms. The van der Waals surface area contributed by atoms with Crippen molar-refractivity contribution in [2.75, 3.05) is 50.0 Å². The molecule has 1 aromatic rings. The summed E-state index contributed by atoms with van der Waals surface area (Å²) in [4.78, 5) is 28.6. The number of primary amides is 1. The van der Waals surface area contributed by atoms with Crippen LogP contribution < -0.4 is 21.3 Å². The molecule has 0 aliphatic carbocycles. The van der Waals surface area contributed by atoms with Crippen molar-refractivity contribution in [1.82, 2.24) is 10.2 Å². The Kier molecular flexibility index (Phi) is 7.14. The van der Waals surface area contributed by atoms with E-state index in [9.17, 15) is 9.59 Å². The van der Waals surface area contributed by atoms with Crippen molar-refractivity contribution in [3.8, 4) is 0 Å². The lowest BCUT2D eigenvalue weighted by Gasteiger charge is -2.31. The molecule has 0 atom stereocenters. The molecule has 7 heteroatoms. The molecule has 0 radical (unpaired) electrons. The molecule has 2 saturated heterocycles. The van der Waals surface area contributed by atoms with Crippen molar-refractivity contribution < 1.29 is 9.59 Å². The molecule has 2 fully saturated rings. The molecule has 3 amide bonds. The van der Waals surface area contributed by atoms with Crippen LogP contribution in [0.4, 0.5) is 16.2 Å². The minimum atomic E-state index is -0.490. The van der Waals surface area contributed by atoms with Crippen LogP contribution in [0.15, 0.2) is 18.2 Å². The smallest absolute Gasteiger partial charge is 0.319 e. The second kappa shape index (κ2) is 9.78. The number of nitrogens with one attached hydrogen (secondary N) is 2. The highest BCUT2D eigenvalue weighted by molar-refractivity contribution is 5.98. The van der Waals surface area contributed by atoms with Crippen LogP contribution in [0.2, 0.25) is 0 Å². The van der Waals surface area contributed by atoms with Crippen LogP contribution in [0.1, 0.15) is 48.9 Å². The van der Waals surface area contributed by atoms with Crippen molar-refractivity contribution in [1.29, 1.82) is 0 Å². The molecule has 0 saturated carbocycles. The predicted octanol–water partition coefficient (Wildman–Crippen LogP) is 2.63. The Labute approximate surface area is 167 Å². The number of anilines is 2. The second-order valence-electron chi connectivity index (χ2n) is 8.06. The Morgan fingerprint density at radius 1 is 1.11 bits per heavy atom. The number of benzene rings is 1. The summed E-state index contributed by atoms with van der Waals surface area (Å²) >= 11 is 0. The first kappa shape index (κ1) is 20.5. The first-order valence-electron chi connectivity index (χ1n) is 10.4.